The highest BCUT2D eigenvalue weighted by Gasteiger charge is 2.14. The van der Waals surface area contributed by atoms with E-state index in [9.17, 15) is 0 Å². The maximum Gasteiger partial charge on any atom is 0.0525 e. The van der Waals surface area contributed by atoms with Crippen LogP contribution in [0.4, 0.5) is 5.69 Å². The Morgan fingerprint density at radius 2 is 1.75 bits per heavy atom. The van der Waals surface area contributed by atoms with Crippen LogP contribution in [0.15, 0.2) is 48.5 Å². The SMILES string of the molecule is CC(c1ccccc1Cl)N(C)c1ccc(CCN)cc1. The first-order valence-corrected chi connectivity index (χ1v) is 7.27. The molecule has 0 spiro atoms. The van der Waals surface area contributed by atoms with E-state index in [-0.39, 0.29) is 6.04 Å². The maximum absolute atomic E-state index is 6.28. The van der Waals surface area contributed by atoms with Gasteiger partial charge >= 0.3 is 0 Å². The van der Waals surface area contributed by atoms with Crippen molar-refractivity contribution in [1.29, 1.82) is 0 Å². The molecule has 1 atom stereocenters. The Morgan fingerprint density at radius 1 is 1.10 bits per heavy atom. The highest BCUT2D eigenvalue weighted by atomic mass is 35.5. The average Bonchev–Trinajstić information content (AvgIpc) is 2.47. The standard InChI is InChI=1S/C17H21ClN2/c1-13(16-5-3-4-6-17(16)18)20(2)15-9-7-14(8-10-15)11-12-19/h3-10,13H,11-12,19H2,1-2H3. The number of nitrogens with two attached hydrogens (primary N) is 1. The molecule has 2 aromatic carbocycles. The zero-order chi connectivity index (χ0) is 14.5. The number of rotatable bonds is 5. The van der Waals surface area contributed by atoms with Gasteiger partial charge in [-0.3, -0.25) is 0 Å². The lowest BCUT2D eigenvalue weighted by molar-refractivity contribution is 0.740. The van der Waals surface area contributed by atoms with Crippen molar-refractivity contribution in [3.63, 3.8) is 0 Å². The molecule has 0 heterocycles. The summed E-state index contributed by atoms with van der Waals surface area (Å²) in [4.78, 5) is 2.23. The molecule has 0 amide bonds. The minimum atomic E-state index is 0.226. The summed E-state index contributed by atoms with van der Waals surface area (Å²) >= 11 is 6.28. The Kier molecular flexibility index (Phi) is 5.05. The molecular weight excluding hydrogens is 268 g/mol. The van der Waals surface area contributed by atoms with E-state index < -0.39 is 0 Å². The Labute approximate surface area is 126 Å². The predicted molar refractivity (Wildman–Crippen MR) is 87.5 cm³/mol. The van der Waals surface area contributed by atoms with E-state index in [2.05, 4.69) is 49.2 Å². The molecule has 0 aliphatic carbocycles. The molecule has 0 aliphatic heterocycles. The topological polar surface area (TPSA) is 29.3 Å². The van der Waals surface area contributed by atoms with Gasteiger partial charge in [0.25, 0.3) is 0 Å². The Balaban J connectivity index is 2.18. The summed E-state index contributed by atoms with van der Waals surface area (Å²) < 4.78 is 0. The lowest BCUT2D eigenvalue weighted by Gasteiger charge is -2.28. The second kappa shape index (κ2) is 6.78. The first-order chi connectivity index (χ1) is 9.63. The Morgan fingerprint density at radius 3 is 2.35 bits per heavy atom. The highest BCUT2D eigenvalue weighted by molar-refractivity contribution is 6.31. The van der Waals surface area contributed by atoms with Crippen LogP contribution in [0.25, 0.3) is 0 Å². The van der Waals surface area contributed by atoms with Crippen LogP contribution in [0.3, 0.4) is 0 Å². The van der Waals surface area contributed by atoms with Crippen molar-refractivity contribution >= 4 is 17.3 Å². The van der Waals surface area contributed by atoms with Crippen molar-refractivity contribution in [2.75, 3.05) is 18.5 Å². The van der Waals surface area contributed by atoms with Gasteiger partial charge in [-0.15, -0.1) is 0 Å². The summed E-state index contributed by atoms with van der Waals surface area (Å²) in [6.07, 6.45) is 0.921. The van der Waals surface area contributed by atoms with Gasteiger partial charge in [0, 0.05) is 17.8 Å². The first-order valence-electron chi connectivity index (χ1n) is 6.89. The molecule has 106 valence electrons. The highest BCUT2D eigenvalue weighted by Crippen LogP contribution is 2.29. The van der Waals surface area contributed by atoms with Gasteiger partial charge in [-0.2, -0.15) is 0 Å². The fourth-order valence-electron chi connectivity index (χ4n) is 2.31. The minimum absolute atomic E-state index is 0.226. The molecule has 2 rings (SSSR count). The lowest BCUT2D eigenvalue weighted by atomic mass is 10.1. The molecule has 0 aromatic heterocycles. The van der Waals surface area contributed by atoms with Crippen LogP contribution < -0.4 is 10.6 Å². The molecule has 20 heavy (non-hydrogen) atoms. The molecule has 3 heteroatoms. The Hall–Kier alpha value is -1.51. The second-order valence-electron chi connectivity index (χ2n) is 5.01. The van der Waals surface area contributed by atoms with Gasteiger partial charge in [0.1, 0.15) is 0 Å². The quantitative estimate of drug-likeness (QED) is 0.900. The van der Waals surface area contributed by atoms with Gasteiger partial charge in [-0.1, -0.05) is 41.9 Å². The molecule has 0 fully saturated rings. The van der Waals surface area contributed by atoms with Crippen molar-refractivity contribution in [2.45, 2.75) is 19.4 Å². The normalized spacial score (nSPS) is 12.2. The molecule has 2 N–H and O–H groups in total. The van der Waals surface area contributed by atoms with E-state index in [0.29, 0.717) is 6.54 Å². The van der Waals surface area contributed by atoms with E-state index in [1.807, 2.05) is 18.2 Å². The van der Waals surface area contributed by atoms with E-state index >= 15 is 0 Å². The third kappa shape index (κ3) is 3.33. The largest absolute Gasteiger partial charge is 0.368 e. The summed E-state index contributed by atoms with van der Waals surface area (Å²) in [5.74, 6) is 0. The maximum atomic E-state index is 6.28. The van der Waals surface area contributed by atoms with Gasteiger partial charge in [0.05, 0.1) is 6.04 Å². The zero-order valence-corrected chi connectivity index (χ0v) is 12.8. The molecule has 2 nitrogen and oxygen atoms in total. The van der Waals surface area contributed by atoms with Gasteiger partial charge in [0.2, 0.25) is 0 Å². The molecule has 0 saturated carbocycles. The summed E-state index contributed by atoms with van der Waals surface area (Å²) in [7, 11) is 2.09. The zero-order valence-electron chi connectivity index (χ0n) is 12.0. The smallest absolute Gasteiger partial charge is 0.0525 e. The third-order valence-electron chi connectivity index (χ3n) is 3.71. The molecule has 0 saturated heterocycles. The number of hydrogen-bond donors (Lipinski definition) is 1. The van der Waals surface area contributed by atoms with Crippen LogP contribution in [-0.4, -0.2) is 13.6 Å². The van der Waals surface area contributed by atoms with Crippen LogP contribution in [0, 0.1) is 0 Å². The summed E-state index contributed by atoms with van der Waals surface area (Å²) in [5, 5.41) is 0.812. The van der Waals surface area contributed by atoms with Gasteiger partial charge < -0.3 is 10.6 Å². The second-order valence-corrected chi connectivity index (χ2v) is 5.42. The monoisotopic (exact) mass is 288 g/mol. The number of nitrogens with zero attached hydrogens (tertiary/aromatic N) is 1. The molecule has 1 unspecified atom stereocenters. The minimum Gasteiger partial charge on any atom is -0.368 e. The first kappa shape index (κ1) is 14.9. The predicted octanol–water partition coefficient (Wildman–Crippen LogP) is 4.04. The van der Waals surface area contributed by atoms with Gasteiger partial charge in [-0.25, -0.2) is 0 Å². The summed E-state index contributed by atoms with van der Waals surface area (Å²) in [6, 6.07) is 16.8. The van der Waals surface area contributed by atoms with Crippen molar-refractivity contribution in [1.82, 2.24) is 0 Å². The van der Waals surface area contributed by atoms with Crippen molar-refractivity contribution in [2.24, 2.45) is 5.73 Å². The molecule has 2 aromatic rings. The van der Waals surface area contributed by atoms with Crippen molar-refractivity contribution in [3.8, 4) is 0 Å². The number of benzene rings is 2. The average molecular weight is 289 g/mol. The number of hydrogen-bond acceptors (Lipinski definition) is 2. The van der Waals surface area contributed by atoms with E-state index in [1.165, 1.54) is 11.3 Å². The van der Waals surface area contributed by atoms with E-state index in [1.54, 1.807) is 0 Å². The van der Waals surface area contributed by atoms with Crippen LogP contribution in [0.2, 0.25) is 5.02 Å². The molecule has 0 radical (unpaired) electrons. The van der Waals surface area contributed by atoms with Gasteiger partial charge in [-0.05, 0) is 49.2 Å². The third-order valence-corrected chi connectivity index (χ3v) is 4.06. The van der Waals surface area contributed by atoms with Crippen molar-refractivity contribution in [3.05, 3.63) is 64.7 Å². The molecule has 0 bridgehead atoms. The van der Waals surface area contributed by atoms with Crippen LogP contribution >= 0.6 is 11.6 Å². The van der Waals surface area contributed by atoms with Crippen LogP contribution in [-0.2, 0) is 6.42 Å². The summed E-state index contributed by atoms with van der Waals surface area (Å²) in [5.41, 5.74) is 9.17. The molecular formula is C17H21ClN2. The van der Waals surface area contributed by atoms with Crippen LogP contribution in [0.1, 0.15) is 24.1 Å². The fourth-order valence-corrected chi connectivity index (χ4v) is 2.60. The molecule has 0 aliphatic rings. The van der Waals surface area contributed by atoms with Crippen molar-refractivity contribution < 1.29 is 0 Å². The van der Waals surface area contributed by atoms with E-state index in [0.717, 1.165) is 17.0 Å². The Bertz CT molecular complexity index is 551. The van der Waals surface area contributed by atoms with E-state index in [4.69, 9.17) is 17.3 Å². The van der Waals surface area contributed by atoms with Gasteiger partial charge in [0.15, 0.2) is 0 Å². The number of halogens is 1. The van der Waals surface area contributed by atoms with Crippen LogP contribution in [0.5, 0.6) is 0 Å². The number of anilines is 1. The lowest BCUT2D eigenvalue weighted by Crippen LogP contribution is -2.21. The summed E-state index contributed by atoms with van der Waals surface area (Å²) in [6.45, 7) is 2.85. The fraction of sp³-hybridized carbons (Fsp3) is 0.294.